The number of thioether (sulfide) groups is 1. The van der Waals surface area contributed by atoms with Crippen LogP contribution in [0.3, 0.4) is 0 Å². The third kappa shape index (κ3) is 3.66. The fraction of sp³-hybridized carbons (Fsp3) is 0.500. The lowest BCUT2D eigenvalue weighted by atomic mass is 10.2. The van der Waals surface area contributed by atoms with Gasteiger partial charge in [-0.15, -0.1) is 5.10 Å². The molecule has 2 aromatic heterocycles. The molecule has 2 heterocycles. The van der Waals surface area contributed by atoms with Crippen LogP contribution in [0.4, 0.5) is 0 Å². The van der Waals surface area contributed by atoms with Crippen molar-refractivity contribution < 1.29 is 4.79 Å². The smallest absolute Gasteiger partial charge is 0.343 e. The van der Waals surface area contributed by atoms with Gasteiger partial charge in [-0.2, -0.15) is 0 Å². The average molecular weight is 308 g/mol. The number of H-pyrrole nitrogens is 2. The minimum absolute atomic E-state index is 0.0411. The fourth-order valence-electron chi connectivity index (χ4n) is 2.15. The standard InChI is InChI=1S/C14H20N4O2S/c1-4-5-6-18-13(20)16-17-14(18)21-8-12(19)11-7-9(2)15-10(11)3/h7,15H,4-6,8H2,1-3H3,(H,16,20). The molecule has 114 valence electrons. The van der Waals surface area contributed by atoms with Crippen molar-refractivity contribution in [3.05, 3.63) is 33.5 Å². The minimum Gasteiger partial charge on any atom is -0.362 e. The maximum absolute atomic E-state index is 12.2. The van der Waals surface area contributed by atoms with Gasteiger partial charge in [0.2, 0.25) is 0 Å². The van der Waals surface area contributed by atoms with Gasteiger partial charge in [0.1, 0.15) is 0 Å². The number of aromatic amines is 2. The molecule has 0 aliphatic carbocycles. The highest BCUT2D eigenvalue weighted by atomic mass is 32.2. The van der Waals surface area contributed by atoms with Gasteiger partial charge < -0.3 is 4.98 Å². The summed E-state index contributed by atoms with van der Waals surface area (Å²) in [6.07, 6.45) is 1.92. The highest BCUT2D eigenvalue weighted by Crippen LogP contribution is 2.18. The zero-order valence-corrected chi connectivity index (χ0v) is 13.3. The fourth-order valence-corrected chi connectivity index (χ4v) is 3.00. The topological polar surface area (TPSA) is 83.5 Å². The Morgan fingerprint density at radius 2 is 2.19 bits per heavy atom. The first kappa shape index (κ1) is 15.6. The number of carbonyl (C=O) groups excluding carboxylic acids is 1. The molecule has 0 aliphatic heterocycles. The van der Waals surface area contributed by atoms with E-state index in [9.17, 15) is 9.59 Å². The number of nitrogens with one attached hydrogen (secondary N) is 2. The Kier molecular flexibility index (Phi) is 5.06. The Morgan fingerprint density at radius 3 is 2.81 bits per heavy atom. The summed E-state index contributed by atoms with van der Waals surface area (Å²) >= 11 is 1.30. The Hall–Kier alpha value is -1.76. The van der Waals surface area contributed by atoms with Crippen LogP contribution in [0.15, 0.2) is 16.0 Å². The molecule has 0 spiro atoms. The summed E-state index contributed by atoms with van der Waals surface area (Å²) in [4.78, 5) is 27.0. The third-order valence-electron chi connectivity index (χ3n) is 3.24. The van der Waals surface area contributed by atoms with Crippen LogP contribution in [0.1, 0.15) is 41.5 Å². The monoisotopic (exact) mass is 308 g/mol. The van der Waals surface area contributed by atoms with E-state index < -0.39 is 0 Å². The molecule has 0 unspecified atom stereocenters. The maximum atomic E-state index is 12.2. The van der Waals surface area contributed by atoms with Crippen LogP contribution < -0.4 is 5.69 Å². The van der Waals surface area contributed by atoms with Gasteiger partial charge in [0.15, 0.2) is 10.9 Å². The molecule has 0 saturated heterocycles. The first-order valence-corrected chi connectivity index (χ1v) is 7.99. The number of carbonyl (C=O) groups is 1. The van der Waals surface area contributed by atoms with E-state index in [1.54, 1.807) is 4.57 Å². The normalized spacial score (nSPS) is 11.0. The number of unbranched alkanes of at least 4 members (excludes halogenated alkanes) is 1. The van der Waals surface area contributed by atoms with Crippen molar-refractivity contribution >= 4 is 17.5 Å². The SMILES string of the molecule is CCCCn1c(SCC(=O)c2cc(C)[nH]c2C)n[nH]c1=O. The predicted octanol–water partition coefficient (Wildman–Crippen LogP) is 2.29. The Bertz CT molecular complexity index is 683. The molecule has 0 amide bonds. The van der Waals surface area contributed by atoms with Gasteiger partial charge >= 0.3 is 5.69 Å². The van der Waals surface area contributed by atoms with Crippen molar-refractivity contribution in [2.75, 3.05) is 5.75 Å². The van der Waals surface area contributed by atoms with E-state index in [-0.39, 0.29) is 17.2 Å². The number of hydrogen-bond acceptors (Lipinski definition) is 4. The van der Waals surface area contributed by atoms with Crippen molar-refractivity contribution in [3.63, 3.8) is 0 Å². The Morgan fingerprint density at radius 1 is 1.43 bits per heavy atom. The Balaban J connectivity index is 2.05. The molecule has 0 bridgehead atoms. The quantitative estimate of drug-likeness (QED) is 0.607. The lowest BCUT2D eigenvalue weighted by Crippen LogP contribution is -2.18. The zero-order chi connectivity index (χ0) is 15.4. The van der Waals surface area contributed by atoms with Gasteiger partial charge in [-0.3, -0.25) is 9.36 Å². The predicted molar refractivity (Wildman–Crippen MR) is 83.1 cm³/mol. The Labute approximate surface area is 127 Å². The highest BCUT2D eigenvalue weighted by molar-refractivity contribution is 7.99. The summed E-state index contributed by atoms with van der Waals surface area (Å²) in [6, 6.07) is 1.85. The summed E-state index contributed by atoms with van der Waals surface area (Å²) in [5, 5.41) is 7.01. The van der Waals surface area contributed by atoms with Crippen molar-refractivity contribution in [3.8, 4) is 0 Å². The number of hydrogen-bond donors (Lipinski definition) is 2. The third-order valence-corrected chi connectivity index (χ3v) is 4.22. The van der Waals surface area contributed by atoms with E-state index in [1.165, 1.54) is 11.8 Å². The molecular weight excluding hydrogens is 288 g/mol. The molecule has 0 saturated carbocycles. The highest BCUT2D eigenvalue weighted by Gasteiger charge is 2.15. The summed E-state index contributed by atoms with van der Waals surface area (Å²) < 4.78 is 1.59. The molecule has 21 heavy (non-hydrogen) atoms. The number of nitrogens with zero attached hydrogens (tertiary/aromatic N) is 2. The van der Waals surface area contributed by atoms with E-state index in [0.29, 0.717) is 17.3 Å². The average Bonchev–Trinajstić information content (AvgIpc) is 2.96. The molecule has 2 aromatic rings. The van der Waals surface area contributed by atoms with Crippen LogP contribution in [0.2, 0.25) is 0 Å². The lowest BCUT2D eigenvalue weighted by molar-refractivity contribution is 0.102. The van der Waals surface area contributed by atoms with E-state index >= 15 is 0 Å². The molecule has 0 aliphatic rings. The second kappa shape index (κ2) is 6.80. The van der Waals surface area contributed by atoms with Crippen molar-refractivity contribution in [1.29, 1.82) is 0 Å². The van der Waals surface area contributed by atoms with Crippen LogP contribution >= 0.6 is 11.8 Å². The number of Topliss-reactive ketones (excluding diaryl/α,β-unsaturated/α-hetero) is 1. The summed E-state index contributed by atoms with van der Waals surface area (Å²) in [7, 11) is 0. The molecule has 7 heteroatoms. The summed E-state index contributed by atoms with van der Waals surface area (Å²) in [6.45, 7) is 6.51. The first-order chi connectivity index (χ1) is 10.0. The van der Waals surface area contributed by atoms with Crippen molar-refractivity contribution in [2.45, 2.75) is 45.3 Å². The van der Waals surface area contributed by atoms with Gasteiger partial charge in [-0.1, -0.05) is 25.1 Å². The van der Waals surface area contributed by atoms with Gasteiger partial charge in [-0.05, 0) is 26.3 Å². The number of rotatable bonds is 7. The molecule has 0 atom stereocenters. The minimum atomic E-state index is -0.216. The van der Waals surface area contributed by atoms with E-state index in [0.717, 1.165) is 24.2 Å². The van der Waals surface area contributed by atoms with Gasteiger partial charge in [0.05, 0.1) is 5.75 Å². The lowest BCUT2D eigenvalue weighted by Gasteiger charge is -2.04. The van der Waals surface area contributed by atoms with Gasteiger partial charge in [0, 0.05) is 23.5 Å². The second-order valence-corrected chi connectivity index (χ2v) is 5.96. The van der Waals surface area contributed by atoms with Crippen LogP contribution in [-0.2, 0) is 6.54 Å². The number of aromatic nitrogens is 4. The maximum Gasteiger partial charge on any atom is 0.343 e. The van der Waals surface area contributed by atoms with E-state index in [1.807, 2.05) is 19.9 Å². The molecule has 0 aromatic carbocycles. The zero-order valence-electron chi connectivity index (χ0n) is 12.5. The van der Waals surface area contributed by atoms with Crippen LogP contribution in [0.5, 0.6) is 0 Å². The van der Waals surface area contributed by atoms with E-state index in [2.05, 4.69) is 22.1 Å². The molecule has 0 fully saturated rings. The largest absolute Gasteiger partial charge is 0.362 e. The molecule has 0 radical (unpaired) electrons. The van der Waals surface area contributed by atoms with Crippen LogP contribution in [-0.4, -0.2) is 31.3 Å². The molecule has 2 N–H and O–H groups in total. The molecular formula is C14H20N4O2S. The van der Waals surface area contributed by atoms with Crippen LogP contribution in [0, 0.1) is 13.8 Å². The van der Waals surface area contributed by atoms with Gasteiger partial charge in [-0.25, -0.2) is 9.89 Å². The number of aryl methyl sites for hydroxylation is 2. The second-order valence-electron chi connectivity index (χ2n) is 5.02. The molecule has 2 rings (SSSR count). The summed E-state index contributed by atoms with van der Waals surface area (Å²) in [5.41, 5.74) is 2.34. The van der Waals surface area contributed by atoms with Crippen molar-refractivity contribution in [2.24, 2.45) is 0 Å². The summed E-state index contributed by atoms with van der Waals surface area (Å²) in [5.74, 6) is 0.313. The van der Waals surface area contributed by atoms with Crippen molar-refractivity contribution in [1.82, 2.24) is 19.7 Å². The van der Waals surface area contributed by atoms with Gasteiger partial charge in [0.25, 0.3) is 0 Å². The molecule has 6 nitrogen and oxygen atoms in total. The first-order valence-electron chi connectivity index (χ1n) is 7.00. The number of ketones is 1. The van der Waals surface area contributed by atoms with E-state index in [4.69, 9.17) is 0 Å². The van der Waals surface area contributed by atoms with Crippen LogP contribution in [0.25, 0.3) is 0 Å².